The number of fused-ring (bicyclic) bond motifs is 2. The van der Waals surface area contributed by atoms with E-state index in [4.69, 9.17) is 14.2 Å². The lowest BCUT2D eigenvalue weighted by molar-refractivity contribution is 0.340. The standard InChI is InChI=1S/C22H21N3O4/c1-4-29-15-5-6-17-14(9-15)7-13(12-23-17)8-21-24-18-11-20(28-3)19(27-2)10-16(18)22(26)25-21/h5-7,9-12H,4,8H2,1-3H3,(H,24,25,26). The molecule has 29 heavy (non-hydrogen) atoms. The van der Waals surface area contributed by atoms with Crippen LogP contribution in [0.4, 0.5) is 0 Å². The van der Waals surface area contributed by atoms with Gasteiger partial charge in [0.1, 0.15) is 11.6 Å². The zero-order valence-corrected chi connectivity index (χ0v) is 16.5. The van der Waals surface area contributed by atoms with Gasteiger partial charge in [-0.3, -0.25) is 9.78 Å². The van der Waals surface area contributed by atoms with Crippen LogP contribution in [-0.4, -0.2) is 35.8 Å². The number of hydrogen-bond acceptors (Lipinski definition) is 6. The first-order valence-electron chi connectivity index (χ1n) is 9.27. The first kappa shape index (κ1) is 18.7. The topological polar surface area (TPSA) is 86.3 Å². The Morgan fingerprint density at radius 2 is 1.79 bits per heavy atom. The van der Waals surface area contributed by atoms with E-state index < -0.39 is 0 Å². The first-order chi connectivity index (χ1) is 14.1. The third-order valence-corrected chi connectivity index (χ3v) is 4.65. The highest BCUT2D eigenvalue weighted by molar-refractivity contribution is 5.82. The Labute approximate surface area is 167 Å². The van der Waals surface area contributed by atoms with Crippen molar-refractivity contribution in [3.05, 3.63) is 64.3 Å². The molecule has 0 radical (unpaired) electrons. The molecular weight excluding hydrogens is 370 g/mol. The van der Waals surface area contributed by atoms with E-state index in [9.17, 15) is 4.79 Å². The molecule has 4 rings (SSSR count). The Balaban J connectivity index is 1.72. The minimum atomic E-state index is -0.224. The summed E-state index contributed by atoms with van der Waals surface area (Å²) in [4.78, 5) is 24.5. The number of hydrogen-bond donors (Lipinski definition) is 1. The van der Waals surface area contributed by atoms with Crippen molar-refractivity contribution in [1.82, 2.24) is 15.0 Å². The summed E-state index contributed by atoms with van der Waals surface area (Å²) in [5.74, 6) is 2.37. The Kier molecular flexibility index (Phi) is 5.03. The van der Waals surface area contributed by atoms with Crippen molar-refractivity contribution in [2.75, 3.05) is 20.8 Å². The lowest BCUT2D eigenvalue weighted by atomic mass is 10.1. The quantitative estimate of drug-likeness (QED) is 0.542. The Hall–Kier alpha value is -3.61. The van der Waals surface area contributed by atoms with Crippen molar-refractivity contribution in [3.63, 3.8) is 0 Å². The molecule has 0 aliphatic carbocycles. The van der Waals surface area contributed by atoms with Crippen molar-refractivity contribution in [3.8, 4) is 17.2 Å². The van der Waals surface area contributed by atoms with Gasteiger partial charge in [0, 0.05) is 24.1 Å². The van der Waals surface area contributed by atoms with E-state index in [2.05, 4.69) is 15.0 Å². The molecule has 0 atom stereocenters. The number of aromatic nitrogens is 3. The monoisotopic (exact) mass is 391 g/mol. The summed E-state index contributed by atoms with van der Waals surface area (Å²) in [6, 6.07) is 11.2. The molecule has 0 bridgehead atoms. The summed E-state index contributed by atoms with van der Waals surface area (Å²) in [7, 11) is 3.08. The fourth-order valence-corrected chi connectivity index (χ4v) is 3.30. The molecule has 0 amide bonds. The van der Waals surface area contributed by atoms with E-state index in [1.165, 1.54) is 7.11 Å². The number of aromatic amines is 1. The van der Waals surface area contributed by atoms with Gasteiger partial charge in [0.15, 0.2) is 11.5 Å². The number of pyridine rings is 1. The zero-order chi connectivity index (χ0) is 20.4. The summed E-state index contributed by atoms with van der Waals surface area (Å²) in [6.07, 6.45) is 2.24. The molecule has 0 aliphatic rings. The summed E-state index contributed by atoms with van der Waals surface area (Å²) >= 11 is 0. The molecule has 2 heterocycles. The van der Waals surface area contributed by atoms with Gasteiger partial charge in [-0.2, -0.15) is 0 Å². The van der Waals surface area contributed by atoms with Gasteiger partial charge in [-0.1, -0.05) is 0 Å². The maximum atomic E-state index is 12.6. The normalized spacial score (nSPS) is 11.0. The highest BCUT2D eigenvalue weighted by Gasteiger charge is 2.11. The molecule has 2 aromatic heterocycles. The summed E-state index contributed by atoms with van der Waals surface area (Å²) in [5, 5.41) is 1.42. The second-order valence-corrected chi connectivity index (χ2v) is 6.54. The molecule has 1 N–H and O–H groups in total. The van der Waals surface area contributed by atoms with Crippen LogP contribution in [0.1, 0.15) is 18.3 Å². The maximum absolute atomic E-state index is 12.6. The van der Waals surface area contributed by atoms with Crippen LogP contribution in [0.25, 0.3) is 21.8 Å². The predicted molar refractivity (Wildman–Crippen MR) is 111 cm³/mol. The maximum Gasteiger partial charge on any atom is 0.258 e. The molecule has 4 aromatic rings. The van der Waals surface area contributed by atoms with Gasteiger partial charge >= 0.3 is 0 Å². The number of rotatable bonds is 6. The first-order valence-corrected chi connectivity index (χ1v) is 9.27. The van der Waals surface area contributed by atoms with Crippen LogP contribution in [0.15, 0.2) is 47.4 Å². The average Bonchev–Trinajstić information content (AvgIpc) is 2.73. The fourth-order valence-electron chi connectivity index (χ4n) is 3.30. The number of H-pyrrole nitrogens is 1. The minimum Gasteiger partial charge on any atom is -0.494 e. The van der Waals surface area contributed by atoms with Gasteiger partial charge in [0.2, 0.25) is 0 Å². The number of ether oxygens (including phenoxy) is 3. The fraction of sp³-hybridized carbons (Fsp3) is 0.227. The van der Waals surface area contributed by atoms with E-state index in [-0.39, 0.29) is 5.56 Å². The lowest BCUT2D eigenvalue weighted by Crippen LogP contribution is -2.12. The van der Waals surface area contributed by atoms with E-state index in [0.29, 0.717) is 41.3 Å². The van der Waals surface area contributed by atoms with Crippen molar-refractivity contribution in [1.29, 1.82) is 0 Å². The third kappa shape index (κ3) is 3.71. The molecule has 0 aliphatic heterocycles. The molecule has 0 unspecified atom stereocenters. The largest absolute Gasteiger partial charge is 0.494 e. The van der Waals surface area contributed by atoms with E-state index in [1.807, 2.05) is 31.2 Å². The molecule has 2 aromatic carbocycles. The Morgan fingerprint density at radius 1 is 1.00 bits per heavy atom. The molecular formula is C22H21N3O4. The van der Waals surface area contributed by atoms with Gasteiger partial charge in [0.25, 0.3) is 5.56 Å². The van der Waals surface area contributed by atoms with Gasteiger partial charge in [-0.15, -0.1) is 0 Å². The lowest BCUT2D eigenvalue weighted by Gasteiger charge is -2.10. The minimum absolute atomic E-state index is 0.224. The predicted octanol–water partition coefficient (Wildman–Crippen LogP) is 3.48. The van der Waals surface area contributed by atoms with Crippen LogP contribution in [0.5, 0.6) is 17.2 Å². The van der Waals surface area contributed by atoms with Gasteiger partial charge in [0.05, 0.1) is 37.2 Å². The van der Waals surface area contributed by atoms with Gasteiger partial charge in [-0.05, 0) is 42.8 Å². The number of methoxy groups -OCH3 is 2. The second kappa shape index (κ2) is 7.79. The molecule has 0 saturated carbocycles. The smallest absolute Gasteiger partial charge is 0.258 e. The van der Waals surface area contributed by atoms with E-state index in [1.54, 1.807) is 25.4 Å². The third-order valence-electron chi connectivity index (χ3n) is 4.65. The number of benzene rings is 2. The SMILES string of the molecule is CCOc1ccc2ncc(Cc3nc4cc(OC)c(OC)cc4c(=O)[nH]3)cc2c1. The summed E-state index contributed by atoms with van der Waals surface area (Å²) in [5.41, 5.74) is 2.15. The van der Waals surface area contributed by atoms with E-state index >= 15 is 0 Å². The Morgan fingerprint density at radius 3 is 2.55 bits per heavy atom. The highest BCUT2D eigenvalue weighted by Crippen LogP contribution is 2.30. The van der Waals surface area contributed by atoms with Crippen molar-refractivity contribution < 1.29 is 14.2 Å². The van der Waals surface area contributed by atoms with Crippen LogP contribution >= 0.6 is 0 Å². The van der Waals surface area contributed by atoms with Crippen molar-refractivity contribution in [2.24, 2.45) is 0 Å². The van der Waals surface area contributed by atoms with Crippen LogP contribution < -0.4 is 19.8 Å². The highest BCUT2D eigenvalue weighted by atomic mass is 16.5. The van der Waals surface area contributed by atoms with Crippen LogP contribution in [0.3, 0.4) is 0 Å². The average molecular weight is 391 g/mol. The molecule has 0 spiro atoms. The van der Waals surface area contributed by atoms with Crippen LogP contribution in [0, 0.1) is 0 Å². The molecule has 7 heteroatoms. The van der Waals surface area contributed by atoms with Crippen LogP contribution in [-0.2, 0) is 6.42 Å². The van der Waals surface area contributed by atoms with Crippen LogP contribution in [0.2, 0.25) is 0 Å². The number of nitrogens with one attached hydrogen (secondary N) is 1. The second-order valence-electron chi connectivity index (χ2n) is 6.54. The van der Waals surface area contributed by atoms with Gasteiger partial charge < -0.3 is 19.2 Å². The Bertz CT molecular complexity index is 1250. The van der Waals surface area contributed by atoms with Crippen molar-refractivity contribution >= 4 is 21.8 Å². The van der Waals surface area contributed by atoms with Crippen molar-refractivity contribution in [2.45, 2.75) is 13.3 Å². The van der Waals surface area contributed by atoms with Gasteiger partial charge in [-0.25, -0.2) is 4.98 Å². The molecule has 148 valence electrons. The van der Waals surface area contributed by atoms with E-state index in [0.717, 1.165) is 22.2 Å². The molecule has 7 nitrogen and oxygen atoms in total. The molecule has 0 saturated heterocycles. The summed E-state index contributed by atoms with van der Waals surface area (Å²) < 4.78 is 16.2. The molecule has 0 fully saturated rings. The zero-order valence-electron chi connectivity index (χ0n) is 16.5. The summed E-state index contributed by atoms with van der Waals surface area (Å²) in [6.45, 7) is 2.56. The number of nitrogens with zero attached hydrogens (tertiary/aromatic N) is 2.